The largest absolute Gasteiger partial charge is 0.376 e. The Labute approximate surface area is 190 Å². The van der Waals surface area contributed by atoms with E-state index in [9.17, 15) is 14.0 Å². The number of halogens is 1. The van der Waals surface area contributed by atoms with E-state index < -0.39 is 0 Å². The van der Waals surface area contributed by atoms with Crippen molar-refractivity contribution < 1.29 is 18.7 Å². The number of nitrogens with zero attached hydrogens (tertiary/aromatic N) is 1. The van der Waals surface area contributed by atoms with Crippen molar-refractivity contribution in [1.82, 2.24) is 5.32 Å². The molecule has 1 aliphatic rings. The van der Waals surface area contributed by atoms with Crippen LogP contribution in [-0.4, -0.2) is 31.1 Å². The van der Waals surface area contributed by atoms with Gasteiger partial charge in [0.05, 0.1) is 23.9 Å². The quantitative estimate of drug-likeness (QED) is 0.545. The third kappa shape index (κ3) is 5.81. The van der Waals surface area contributed by atoms with Crippen LogP contribution in [0.1, 0.15) is 33.6 Å². The van der Waals surface area contributed by atoms with E-state index in [0.29, 0.717) is 23.7 Å². The van der Waals surface area contributed by atoms with Crippen molar-refractivity contribution >= 4 is 28.8 Å². The average molecular weight is 453 g/mol. The van der Waals surface area contributed by atoms with Crippen LogP contribution >= 0.6 is 11.3 Å². The van der Waals surface area contributed by atoms with Crippen LogP contribution in [0.5, 0.6) is 0 Å². The predicted octanol–water partition coefficient (Wildman–Crippen LogP) is 4.57. The minimum Gasteiger partial charge on any atom is -0.376 e. The lowest BCUT2D eigenvalue weighted by Crippen LogP contribution is -2.33. The van der Waals surface area contributed by atoms with Gasteiger partial charge in [-0.1, -0.05) is 30.3 Å². The van der Waals surface area contributed by atoms with Gasteiger partial charge in [0, 0.05) is 18.8 Å². The highest BCUT2D eigenvalue weighted by Gasteiger charge is 2.20. The molecule has 0 bridgehead atoms. The summed E-state index contributed by atoms with van der Waals surface area (Å²) in [7, 11) is 0. The van der Waals surface area contributed by atoms with Gasteiger partial charge in [0.25, 0.3) is 5.91 Å². The summed E-state index contributed by atoms with van der Waals surface area (Å²) in [5, 5.41) is 4.79. The zero-order chi connectivity index (χ0) is 22.3. The molecule has 3 aromatic rings. The normalized spacial score (nSPS) is 15.5. The first kappa shape index (κ1) is 22.2. The molecule has 0 radical (unpaired) electrons. The summed E-state index contributed by atoms with van der Waals surface area (Å²) < 4.78 is 18.9. The van der Waals surface area contributed by atoms with Gasteiger partial charge in [-0.3, -0.25) is 9.59 Å². The van der Waals surface area contributed by atoms with Crippen molar-refractivity contribution in [2.75, 3.05) is 18.1 Å². The standard InChI is InChI=1S/C25H25FN2O3S/c26-20-10-8-18(9-11-20)17-28(25(30)23-7-3-13-32-23)21-5-1-4-19(14-21)15-24(29)27-16-22-6-2-12-31-22/h1,3-5,7-11,13-14,22H,2,6,12,15-17H2,(H,27,29)/t22-/m1/s1. The molecule has 1 N–H and O–H groups in total. The number of carbonyl (C=O) groups excluding carboxylic acids is 2. The van der Waals surface area contributed by atoms with E-state index in [2.05, 4.69) is 5.32 Å². The second-order valence-electron chi connectivity index (χ2n) is 7.78. The first-order valence-corrected chi connectivity index (χ1v) is 11.5. The van der Waals surface area contributed by atoms with Crippen molar-refractivity contribution in [3.05, 3.63) is 87.9 Å². The maximum atomic E-state index is 13.3. The van der Waals surface area contributed by atoms with Crippen molar-refractivity contribution in [2.24, 2.45) is 0 Å². The van der Waals surface area contributed by atoms with Crippen molar-refractivity contribution in [2.45, 2.75) is 31.9 Å². The maximum absolute atomic E-state index is 13.3. The van der Waals surface area contributed by atoms with Gasteiger partial charge in [-0.05, 0) is 59.7 Å². The number of thiophene rings is 1. The molecule has 2 aromatic carbocycles. The third-order valence-electron chi connectivity index (χ3n) is 5.37. The molecule has 166 valence electrons. The Morgan fingerprint density at radius 3 is 2.66 bits per heavy atom. The second kappa shape index (κ2) is 10.5. The molecule has 1 aromatic heterocycles. The molecule has 1 fully saturated rings. The number of rotatable bonds is 8. The average Bonchev–Trinajstić information content (AvgIpc) is 3.51. The molecule has 32 heavy (non-hydrogen) atoms. The number of nitrogens with one attached hydrogen (secondary N) is 1. The van der Waals surface area contributed by atoms with Crippen LogP contribution in [0.3, 0.4) is 0 Å². The highest BCUT2D eigenvalue weighted by atomic mass is 32.1. The van der Waals surface area contributed by atoms with Crippen LogP contribution in [0.2, 0.25) is 0 Å². The molecule has 2 heterocycles. The minimum absolute atomic E-state index is 0.0766. The van der Waals surface area contributed by atoms with E-state index in [1.165, 1.54) is 23.5 Å². The summed E-state index contributed by atoms with van der Waals surface area (Å²) in [6.45, 7) is 1.57. The molecule has 1 saturated heterocycles. The summed E-state index contributed by atoms with van der Waals surface area (Å²) in [6.07, 6.45) is 2.32. The van der Waals surface area contributed by atoms with Gasteiger partial charge >= 0.3 is 0 Å². The van der Waals surface area contributed by atoms with Gasteiger partial charge in [0.1, 0.15) is 5.82 Å². The lowest BCUT2D eigenvalue weighted by atomic mass is 10.1. The minimum atomic E-state index is -0.319. The summed E-state index contributed by atoms with van der Waals surface area (Å²) in [6, 6.07) is 17.2. The third-order valence-corrected chi connectivity index (χ3v) is 6.23. The Hall–Kier alpha value is -3.03. The lowest BCUT2D eigenvalue weighted by Gasteiger charge is -2.23. The monoisotopic (exact) mass is 452 g/mol. The SMILES string of the molecule is O=C(Cc1cccc(N(Cc2ccc(F)cc2)C(=O)c2cccs2)c1)NC[C@H]1CCCO1. The topological polar surface area (TPSA) is 58.6 Å². The van der Waals surface area contributed by atoms with Crippen LogP contribution in [0.15, 0.2) is 66.0 Å². The van der Waals surface area contributed by atoms with Gasteiger partial charge in [0.2, 0.25) is 5.91 Å². The van der Waals surface area contributed by atoms with Crippen molar-refractivity contribution in [1.29, 1.82) is 0 Å². The van der Waals surface area contributed by atoms with Crippen molar-refractivity contribution in [3.8, 4) is 0 Å². The number of ether oxygens (including phenoxy) is 1. The molecule has 1 aliphatic heterocycles. The van der Waals surface area contributed by atoms with Gasteiger partial charge < -0.3 is 15.0 Å². The molecule has 0 aliphatic carbocycles. The second-order valence-corrected chi connectivity index (χ2v) is 8.73. The van der Waals surface area contributed by atoms with E-state index >= 15 is 0 Å². The summed E-state index contributed by atoms with van der Waals surface area (Å²) in [5.74, 6) is -0.530. The Bertz CT molecular complexity index is 1050. The molecule has 4 rings (SSSR count). The first-order chi connectivity index (χ1) is 15.6. The van der Waals surface area contributed by atoms with Gasteiger partial charge in [0.15, 0.2) is 0 Å². The molecule has 0 spiro atoms. The molecule has 2 amide bonds. The summed E-state index contributed by atoms with van der Waals surface area (Å²) in [5.41, 5.74) is 2.32. The maximum Gasteiger partial charge on any atom is 0.268 e. The van der Waals surface area contributed by atoms with Crippen LogP contribution < -0.4 is 10.2 Å². The molecular weight excluding hydrogens is 427 g/mol. The van der Waals surface area contributed by atoms with E-state index in [-0.39, 0.29) is 30.2 Å². The Kier molecular flexibility index (Phi) is 7.29. The van der Waals surface area contributed by atoms with Crippen LogP contribution in [0.4, 0.5) is 10.1 Å². The predicted molar refractivity (Wildman–Crippen MR) is 123 cm³/mol. The molecule has 0 saturated carbocycles. The number of hydrogen-bond acceptors (Lipinski definition) is 4. The molecular formula is C25H25FN2O3S. The molecule has 0 unspecified atom stereocenters. The van der Waals surface area contributed by atoms with Crippen molar-refractivity contribution in [3.63, 3.8) is 0 Å². The zero-order valence-corrected chi connectivity index (χ0v) is 18.4. The van der Waals surface area contributed by atoms with Crippen LogP contribution in [-0.2, 0) is 22.5 Å². The molecule has 1 atom stereocenters. The Balaban J connectivity index is 1.50. The number of anilines is 1. The smallest absolute Gasteiger partial charge is 0.268 e. The highest BCUT2D eigenvalue weighted by molar-refractivity contribution is 7.12. The zero-order valence-electron chi connectivity index (χ0n) is 17.6. The fourth-order valence-corrected chi connectivity index (χ4v) is 4.37. The summed E-state index contributed by atoms with van der Waals surface area (Å²) >= 11 is 1.37. The highest BCUT2D eigenvalue weighted by Crippen LogP contribution is 2.24. The number of benzene rings is 2. The summed E-state index contributed by atoms with van der Waals surface area (Å²) in [4.78, 5) is 27.9. The Morgan fingerprint density at radius 2 is 1.94 bits per heavy atom. The van der Waals surface area contributed by atoms with E-state index in [0.717, 1.165) is 30.6 Å². The van der Waals surface area contributed by atoms with E-state index in [4.69, 9.17) is 4.74 Å². The molecule has 5 nitrogen and oxygen atoms in total. The van der Waals surface area contributed by atoms with Gasteiger partial charge in [-0.15, -0.1) is 11.3 Å². The van der Waals surface area contributed by atoms with Gasteiger partial charge in [-0.25, -0.2) is 4.39 Å². The Morgan fingerprint density at radius 1 is 1.09 bits per heavy atom. The van der Waals surface area contributed by atoms with E-state index in [1.807, 2.05) is 35.7 Å². The number of amides is 2. The van der Waals surface area contributed by atoms with Gasteiger partial charge in [-0.2, -0.15) is 0 Å². The fourth-order valence-electron chi connectivity index (χ4n) is 3.70. The van der Waals surface area contributed by atoms with E-state index in [1.54, 1.807) is 23.1 Å². The van der Waals surface area contributed by atoms with Crippen LogP contribution in [0.25, 0.3) is 0 Å². The lowest BCUT2D eigenvalue weighted by molar-refractivity contribution is -0.120. The van der Waals surface area contributed by atoms with Crippen LogP contribution in [0, 0.1) is 5.82 Å². The first-order valence-electron chi connectivity index (χ1n) is 10.7. The molecule has 7 heteroatoms. The number of hydrogen-bond donors (Lipinski definition) is 1. The number of carbonyl (C=O) groups is 2. The fraction of sp³-hybridized carbons (Fsp3) is 0.280.